The second kappa shape index (κ2) is 5.99. The van der Waals surface area contributed by atoms with E-state index >= 15 is 0 Å². The number of hydrogen-bond donors (Lipinski definition) is 1. The highest BCUT2D eigenvalue weighted by Crippen LogP contribution is 2.31. The Hall–Kier alpha value is -0.730. The average Bonchev–Trinajstić information content (AvgIpc) is 2.23. The summed E-state index contributed by atoms with van der Waals surface area (Å²) in [6.07, 6.45) is 6.33. The van der Waals surface area contributed by atoms with Crippen molar-refractivity contribution in [3.05, 3.63) is 0 Å². The molecule has 0 spiro atoms. The Kier molecular flexibility index (Phi) is 4.92. The number of nitrogens with two attached hydrogens (primary N) is 1. The highest BCUT2D eigenvalue weighted by molar-refractivity contribution is 5.85. The second-order valence-corrected chi connectivity index (χ2v) is 4.64. The Labute approximate surface area is 93.7 Å². The molecular weight excluding hydrogens is 186 g/mol. The van der Waals surface area contributed by atoms with E-state index in [9.17, 15) is 0 Å². The van der Waals surface area contributed by atoms with Crippen molar-refractivity contribution in [2.75, 3.05) is 13.6 Å². The molecule has 0 bridgehead atoms. The van der Waals surface area contributed by atoms with E-state index in [1.165, 1.54) is 32.1 Å². The topological polar surface area (TPSA) is 41.6 Å². The van der Waals surface area contributed by atoms with E-state index in [0.29, 0.717) is 5.92 Å². The molecule has 0 aromatic carbocycles. The second-order valence-electron chi connectivity index (χ2n) is 4.64. The molecule has 1 aliphatic rings. The molecule has 2 atom stereocenters. The van der Waals surface area contributed by atoms with Crippen molar-refractivity contribution in [2.24, 2.45) is 22.8 Å². The summed E-state index contributed by atoms with van der Waals surface area (Å²) in [6, 6.07) is 0. The summed E-state index contributed by atoms with van der Waals surface area (Å²) in [4.78, 5) is 2.23. The van der Waals surface area contributed by atoms with Gasteiger partial charge in [0.2, 0.25) is 0 Å². The van der Waals surface area contributed by atoms with Gasteiger partial charge in [-0.2, -0.15) is 5.10 Å². The lowest BCUT2D eigenvalue weighted by Gasteiger charge is -2.38. The highest BCUT2D eigenvalue weighted by Gasteiger charge is 2.31. The van der Waals surface area contributed by atoms with Gasteiger partial charge in [0.15, 0.2) is 0 Å². The van der Waals surface area contributed by atoms with Crippen molar-refractivity contribution in [3.8, 4) is 0 Å². The van der Waals surface area contributed by atoms with Crippen LogP contribution in [0.5, 0.6) is 0 Å². The van der Waals surface area contributed by atoms with Crippen molar-refractivity contribution in [2.45, 2.75) is 46.0 Å². The summed E-state index contributed by atoms with van der Waals surface area (Å²) in [5, 5.41) is 4.00. The fraction of sp³-hybridized carbons (Fsp3) is 0.917. The van der Waals surface area contributed by atoms with Crippen molar-refractivity contribution in [3.63, 3.8) is 0 Å². The third-order valence-corrected chi connectivity index (χ3v) is 3.52. The quantitative estimate of drug-likeness (QED) is 0.573. The number of nitrogens with zero attached hydrogens (tertiary/aromatic N) is 2. The predicted octanol–water partition coefficient (Wildman–Crippen LogP) is 2.43. The minimum atomic E-state index is 0.596. The van der Waals surface area contributed by atoms with Crippen molar-refractivity contribution in [1.29, 1.82) is 0 Å². The smallest absolute Gasteiger partial charge is 0.127 e. The molecule has 0 radical (unpaired) electrons. The van der Waals surface area contributed by atoms with Gasteiger partial charge in [0.25, 0.3) is 0 Å². The Morgan fingerprint density at radius 2 is 2.00 bits per heavy atom. The molecule has 1 aliphatic heterocycles. The van der Waals surface area contributed by atoms with Crippen LogP contribution in [0.15, 0.2) is 5.10 Å². The number of piperidine rings is 1. The molecule has 0 aliphatic carbocycles. The maximum Gasteiger partial charge on any atom is 0.127 e. The molecule has 1 fully saturated rings. The van der Waals surface area contributed by atoms with E-state index in [1.807, 2.05) is 0 Å². The maximum absolute atomic E-state index is 5.52. The van der Waals surface area contributed by atoms with Gasteiger partial charge in [0.05, 0.1) is 0 Å². The molecule has 2 unspecified atom stereocenters. The van der Waals surface area contributed by atoms with Gasteiger partial charge in [-0.25, -0.2) is 0 Å². The Bertz CT molecular complexity index is 213. The largest absolute Gasteiger partial charge is 0.361 e. The van der Waals surface area contributed by atoms with E-state index in [-0.39, 0.29) is 0 Å². The van der Waals surface area contributed by atoms with Crippen molar-refractivity contribution >= 4 is 5.84 Å². The molecule has 0 amide bonds. The highest BCUT2D eigenvalue weighted by atomic mass is 15.3. The van der Waals surface area contributed by atoms with Gasteiger partial charge in [-0.1, -0.05) is 26.7 Å². The summed E-state index contributed by atoms with van der Waals surface area (Å²) >= 11 is 0. The first-order valence-corrected chi connectivity index (χ1v) is 6.23. The van der Waals surface area contributed by atoms with Crippen LogP contribution in [0.1, 0.15) is 46.0 Å². The Morgan fingerprint density at radius 1 is 1.33 bits per heavy atom. The molecule has 0 aromatic rings. The molecule has 88 valence electrons. The number of amidine groups is 1. The molecule has 1 saturated heterocycles. The maximum atomic E-state index is 5.52. The van der Waals surface area contributed by atoms with Crippen LogP contribution >= 0.6 is 0 Å². The van der Waals surface area contributed by atoms with Crippen LogP contribution < -0.4 is 5.84 Å². The number of rotatable bonds is 4. The average molecular weight is 211 g/mol. The zero-order chi connectivity index (χ0) is 11.3. The van der Waals surface area contributed by atoms with Crippen LogP contribution in [0.3, 0.4) is 0 Å². The third-order valence-electron chi connectivity index (χ3n) is 3.52. The van der Waals surface area contributed by atoms with Gasteiger partial charge in [0, 0.05) is 19.5 Å². The first-order chi connectivity index (χ1) is 7.24. The van der Waals surface area contributed by atoms with Crippen LogP contribution in [-0.4, -0.2) is 24.3 Å². The lowest BCUT2D eigenvalue weighted by Crippen LogP contribution is -2.44. The molecule has 15 heavy (non-hydrogen) atoms. The van der Waals surface area contributed by atoms with Crippen molar-refractivity contribution < 1.29 is 0 Å². The van der Waals surface area contributed by atoms with Gasteiger partial charge in [-0.3, -0.25) is 0 Å². The fourth-order valence-electron chi connectivity index (χ4n) is 2.76. The van der Waals surface area contributed by atoms with E-state index < -0.39 is 0 Å². The number of likely N-dealkylation sites (tertiary alicyclic amines) is 1. The molecule has 2 N–H and O–H groups in total. The fourth-order valence-corrected chi connectivity index (χ4v) is 2.76. The van der Waals surface area contributed by atoms with Crippen LogP contribution in [-0.2, 0) is 0 Å². The normalized spacial score (nSPS) is 29.8. The van der Waals surface area contributed by atoms with Gasteiger partial charge >= 0.3 is 0 Å². The minimum absolute atomic E-state index is 0.596. The SMILES string of the molecule is CCCC1CCN(C)/C(=N\N)C1CCC. The summed E-state index contributed by atoms with van der Waals surface area (Å²) in [6.45, 7) is 5.62. The van der Waals surface area contributed by atoms with Crippen LogP contribution in [0, 0.1) is 11.8 Å². The van der Waals surface area contributed by atoms with Crippen LogP contribution in [0.2, 0.25) is 0 Å². The zero-order valence-corrected chi connectivity index (χ0v) is 10.4. The minimum Gasteiger partial charge on any atom is -0.361 e. The monoisotopic (exact) mass is 211 g/mol. The van der Waals surface area contributed by atoms with E-state index in [1.54, 1.807) is 0 Å². The Balaban J connectivity index is 2.73. The summed E-state index contributed by atoms with van der Waals surface area (Å²) in [5.74, 6) is 8.04. The van der Waals surface area contributed by atoms with E-state index in [4.69, 9.17) is 5.84 Å². The Morgan fingerprint density at radius 3 is 2.53 bits per heavy atom. The molecule has 0 saturated carbocycles. The lowest BCUT2D eigenvalue weighted by atomic mass is 9.79. The van der Waals surface area contributed by atoms with Crippen LogP contribution in [0.25, 0.3) is 0 Å². The molecule has 3 nitrogen and oxygen atoms in total. The van der Waals surface area contributed by atoms with Gasteiger partial charge in [-0.05, 0) is 25.2 Å². The first-order valence-electron chi connectivity index (χ1n) is 6.23. The molecule has 3 heteroatoms. The number of hydrazone groups is 1. The third kappa shape index (κ3) is 2.86. The van der Waals surface area contributed by atoms with E-state index in [2.05, 4.69) is 30.9 Å². The van der Waals surface area contributed by atoms with E-state index in [0.717, 1.165) is 18.3 Å². The predicted molar refractivity (Wildman–Crippen MR) is 65.7 cm³/mol. The van der Waals surface area contributed by atoms with Gasteiger partial charge in [-0.15, -0.1) is 0 Å². The standard InChI is InChI=1S/C12H25N3/c1-4-6-10-8-9-15(3)12(14-13)11(10)7-5-2/h10-11H,4-9,13H2,1-3H3/b14-12-. The summed E-state index contributed by atoms with van der Waals surface area (Å²) in [5.41, 5.74) is 0. The molecule has 1 rings (SSSR count). The zero-order valence-electron chi connectivity index (χ0n) is 10.4. The molecular formula is C12H25N3. The van der Waals surface area contributed by atoms with Crippen molar-refractivity contribution in [1.82, 2.24) is 4.90 Å². The first kappa shape index (κ1) is 12.3. The molecule has 1 heterocycles. The van der Waals surface area contributed by atoms with Crippen LogP contribution in [0.4, 0.5) is 0 Å². The molecule has 0 aromatic heterocycles. The number of hydrogen-bond acceptors (Lipinski definition) is 2. The van der Waals surface area contributed by atoms with Gasteiger partial charge < -0.3 is 10.7 Å². The summed E-state index contributed by atoms with van der Waals surface area (Å²) < 4.78 is 0. The lowest BCUT2D eigenvalue weighted by molar-refractivity contribution is 0.252. The van der Waals surface area contributed by atoms with Gasteiger partial charge in [0.1, 0.15) is 5.84 Å². The summed E-state index contributed by atoms with van der Waals surface area (Å²) in [7, 11) is 2.11.